The fourth-order valence-electron chi connectivity index (χ4n) is 2.40. The van der Waals surface area contributed by atoms with E-state index in [4.69, 9.17) is 10.5 Å². The van der Waals surface area contributed by atoms with Crippen molar-refractivity contribution in [1.82, 2.24) is 9.13 Å². The van der Waals surface area contributed by atoms with Gasteiger partial charge in [-0.2, -0.15) is 0 Å². The molecule has 3 rings (SSSR count). The maximum atomic E-state index is 12.5. The minimum Gasteiger partial charge on any atom is -0.494 e. The Bertz CT molecular complexity index is 846. The smallest absolute Gasteiger partial charge is 0.333 e. The standard InChI is InChI=1S/C15H15N3O2/c1-17-11-5-3-4-6-12(11)18(15(17)19)13-8-7-10(16)9-14(13)20-2/h3-9H,16H2,1-2H3. The van der Waals surface area contributed by atoms with Crippen molar-refractivity contribution in [3.05, 3.63) is 52.9 Å². The van der Waals surface area contributed by atoms with Crippen molar-refractivity contribution in [2.24, 2.45) is 7.05 Å². The second kappa shape index (κ2) is 4.45. The summed E-state index contributed by atoms with van der Waals surface area (Å²) in [6.45, 7) is 0. The number of aromatic nitrogens is 2. The van der Waals surface area contributed by atoms with E-state index in [1.54, 1.807) is 41.5 Å². The highest BCUT2D eigenvalue weighted by atomic mass is 16.5. The lowest BCUT2D eigenvalue weighted by atomic mass is 10.2. The van der Waals surface area contributed by atoms with Gasteiger partial charge in [-0.05, 0) is 24.3 Å². The number of hydrogen-bond acceptors (Lipinski definition) is 3. The van der Waals surface area contributed by atoms with Crippen molar-refractivity contribution in [2.75, 3.05) is 12.8 Å². The monoisotopic (exact) mass is 269 g/mol. The summed E-state index contributed by atoms with van der Waals surface area (Å²) in [5.74, 6) is 0.573. The minimum absolute atomic E-state index is 0.116. The lowest BCUT2D eigenvalue weighted by Crippen LogP contribution is -2.21. The van der Waals surface area contributed by atoms with Crippen LogP contribution in [0.2, 0.25) is 0 Å². The molecular weight excluding hydrogens is 254 g/mol. The van der Waals surface area contributed by atoms with Gasteiger partial charge < -0.3 is 10.5 Å². The predicted molar refractivity (Wildman–Crippen MR) is 79.5 cm³/mol. The maximum absolute atomic E-state index is 12.5. The molecule has 0 aliphatic rings. The Morgan fingerprint density at radius 1 is 1.10 bits per heavy atom. The number of anilines is 1. The van der Waals surface area contributed by atoms with Gasteiger partial charge in [0.2, 0.25) is 0 Å². The molecule has 5 nitrogen and oxygen atoms in total. The van der Waals surface area contributed by atoms with Gasteiger partial charge in [0.15, 0.2) is 0 Å². The average molecular weight is 269 g/mol. The Morgan fingerprint density at radius 2 is 1.80 bits per heavy atom. The van der Waals surface area contributed by atoms with Gasteiger partial charge in [-0.15, -0.1) is 0 Å². The normalized spacial score (nSPS) is 10.9. The molecule has 0 atom stereocenters. The molecule has 0 amide bonds. The van der Waals surface area contributed by atoms with Gasteiger partial charge in [0.05, 0.1) is 23.8 Å². The number of nitrogen functional groups attached to an aromatic ring is 1. The fourth-order valence-corrected chi connectivity index (χ4v) is 2.40. The van der Waals surface area contributed by atoms with Crippen LogP contribution in [-0.2, 0) is 7.05 Å². The van der Waals surface area contributed by atoms with Crippen LogP contribution in [0.5, 0.6) is 5.75 Å². The number of para-hydroxylation sites is 2. The number of aryl methyl sites for hydroxylation is 1. The lowest BCUT2D eigenvalue weighted by Gasteiger charge is -2.10. The van der Waals surface area contributed by atoms with Crippen molar-refractivity contribution >= 4 is 16.7 Å². The topological polar surface area (TPSA) is 62.2 Å². The first-order valence-electron chi connectivity index (χ1n) is 6.24. The van der Waals surface area contributed by atoms with E-state index in [0.29, 0.717) is 17.1 Å². The number of methoxy groups -OCH3 is 1. The third kappa shape index (κ3) is 1.67. The highest BCUT2D eigenvalue weighted by molar-refractivity contribution is 5.79. The average Bonchev–Trinajstić information content (AvgIpc) is 2.72. The van der Waals surface area contributed by atoms with Crippen LogP contribution in [0, 0.1) is 0 Å². The molecule has 5 heteroatoms. The van der Waals surface area contributed by atoms with Crippen molar-refractivity contribution in [3.63, 3.8) is 0 Å². The molecule has 0 bridgehead atoms. The van der Waals surface area contributed by atoms with E-state index >= 15 is 0 Å². The summed E-state index contributed by atoms with van der Waals surface area (Å²) in [5.41, 5.74) is 8.64. The Balaban J connectivity index is 2.41. The highest BCUT2D eigenvalue weighted by Gasteiger charge is 2.15. The lowest BCUT2D eigenvalue weighted by molar-refractivity contribution is 0.413. The van der Waals surface area contributed by atoms with Crippen LogP contribution in [0.1, 0.15) is 0 Å². The Kier molecular flexibility index (Phi) is 2.75. The summed E-state index contributed by atoms with van der Waals surface area (Å²) in [6.07, 6.45) is 0. The second-order valence-electron chi connectivity index (χ2n) is 4.60. The van der Waals surface area contributed by atoms with Crippen LogP contribution in [-0.4, -0.2) is 16.2 Å². The van der Waals surface area contributed by atoms with Crippen LogP contribution in [0.25, 0.3) is 16.7 Å². The van der Waals surface area contributed by atoms with E-state index in [0.717, 1.165) is 11.0 Å². The number of ether oxygens (including phenoxy) is 1. The zero-order valence-electron chi connectivity index (χ0n) is 11.3. The van der Waals surface area contributed by atoms with E-state index in [9.17, 15) is 4.79 Å². The molecule has 0 unspecified atom stereocenters. The summed E-state index contributed by atoms with van der Waals surface area (Å²) in [5, 5.41) is 0. The SMILES string of the molecule is COc1cc(N)ccc1-n1c(=O)n(C)c2ccccc21. The molecule has 20 heavy (non-hydrogen) atoms. The molecule has 0 fully saturated rings. The van der Waals surface area contributed by atoms with Gasteiger partial charge in [-0.3, -0.25) is 9.13 Å². The number of nitrogens with two attached hydrogens (primary N) is 1. The molecular formula is C15H15N3O2. The molecule has 1 aromatic heterocycles. The van der Waals surface area contributed by atoms with E-state index < -0.39 is 0 Å². The van der Waals surface area contributed by atoms with Gasteiger partial charge in [0.1, 0.15) is 5.75 Å². The number of rotatable bonds is 2. The van der Waals surface area contributed by atoms with Crippen LogP contribution < -0.4 is 16.2 Å². The van der Waals surface area contributed by atoms with Gasteiger partial charge in [-0.25, -0.2) is 4.79 Å². The first kappa shape index (κ1) is 12.3. The van der Waals surface area contributed by atoms with Crippen molar-refractivity contribution < 1.29 is 4.74 Å². The second-order valence-corrected chi connectivity index (χ2v) is 4.60. The van der Waals surface area contributed by atoms with Crippen LogP contribution in [0.15, 0.2) is 47.3 Å². The molecule has 2 N–H and O–H groups in total. The van der Waals surface area contributed by atoms with Crippen LogP contribution in [0.4, 0.5) is 5.69 Å². The molecule has 0 aliphatic carbocycles. The highest BCUT2D eigenvalue weighted by Crippen LogP contribution is 2.27. The van der Waals surface area contributed by atoms with Gasteiger partial charge in [-0.1, -0.05) is 12.1 Å². The quantitative estimate of drug-likeness (QED) is 0.723. The van der Waals surface area contributed by atoms with Gasteiger partial charge >= 0.3 is 5.69 Å². The molecule has 0 saturated carbocycles. The van der Waals surface area contributed by atoms with Crippen molar-refractivity contribution in [3.8, 4) is 11.4 Å². The Morgan fingerprint density at radius 3 is 2.50 bits per heavy atom. The third-order valence-electron chi connectivity index (χ3n) is 3.41. The van der Waals surface area contributed by atoms with E-state index in [1.807, 2.05) is 24.3 Å². The van der Waals surface area contributed by atoms with Gasteiger partial charge in [0, 0.05) is 18.8 Å². The van der Waals surface area contributed by atoms with E-state index in [-0.39, 0.29) is 5.69 Å². The number of imidazole rings is 1. The summed E-state index contributed by atoms with van der Waals surface area (Å²) < 4.78 is 8.59. The van der Waals surface area contributed by atoms with Crippen LogP contribution >= 0.6 is 0 Å². The minimum atomic E-state index is -0.116. The molecule has 0 aliphatic heterocycles. The number of benzene rings is 2. The third-order valence-corrected chi connectivity index (χ3v) is 3.41. The number of fused-ring (bicyclic) bond motifs is 1. The number of hydrogen-bond donors (Lipinski definition) is 1. The zero-order valence-corrected chi connectivity index (χ0v) is 11.3. The largest absolute Gasteiger partial charge is 0.494 e. The number of nitrogens with zero attached hydrogens (tertiary/aromatic N) is 2. The van der Waals surface area contributed by atoms with Gasteiger partial charge in [0.25, 0.3) is 0 Å². The maximum Gasteiger partial charge on any atom is 0.333 e. The summed E-state index contributed by atoms with van der Waals surface area (Å²) in [7, 11) is 3.32. The predicted octanol–water partition coefficient (Wildman–Crippen LogP) is 1.92. The van der Waals surface area contributed by atoms with Crippen molar-refractivity contribution in [2.45, 2.75) is 0 Å². The van der Waals surface area contributed by atoms with Crippen LogP contribution in [0.3, 0.4) is 0 Å². The summed E-state index contributed by atoms with van der Waals surface area (Å²) >= 11 is 0. The molecule has 0 radical (unpaired) electrons. The molecule has 0 spiro atoms. The first-order chi connectivity index (χ1) is 9.63. The molecule has 2 aromatic carbocycles. The summed E-state index contributed by atoms with van der Waals surface area (Å²) in [6, 6.07) is 12.9. The fraction of sp³-hybridized carbons (Fsp3) is 0.133. The van der Waals surface area contributed by atoms with E-state index in [2.05, 4.69) is 0 Å². The molecule has 1 heterocycles. The Labute approximate surface area is 115 Å². The molecule has 102 valence electrons. The summed E-state index contributed by atoms with van der Waals surface area (Å²) in [4.78, 5) is 12.5. The molecule has 3 aromatic rings. The molecule has 0 saturated heterocycles. The Hall–Kier alpha value is -2.69. The van der Waals surface area contributed by atoms with Crippen molar-refractivity contribution in [1.29, 1.82) is 0 Å². The van der Waals surface area contributed by atoms with E-state index in [1.165, 1.54) is 0 Å². The first-order valence-corrected chi connectivity index (χ1v) is 6.24. The zero-order chi connectivity index (χ0) is 14.3.